The van der Waals surface area contributed by atoms with E-state index >= 15 is 0 Å². The Labute approximate surface area is 213 Å². The van der Waals surface area contributed by atoms with Gasteiger partial charge in [0.1, 0.15) is 11.8 Å². The first-order valence-electron chi connectivity index (χ1n) is 12.0. The Kier molecular flexibility index (Phi) is 10.2. The number of hydrogen-bond donors (Lipinski definition) is 1. The van der Waals surface area contributed by atoms with Crippen LogP contribution in [0.5, 0.6) is 5.75 Å². The molecule has 0 bridgehead atoms. The Morgan fingerprint density at radius 1 is 0.971 bits per heavy atom. The minimum Gasteiger partial charge on any atom is -0.484 e. The van der Waals surface area contributed by atoms with E-state index in [9.17, 15) is 9.59 Å². The van der Waals surface area contributed by atoms with Crippen molar-refractivity contribution in [1.82, 2.24) is 10.2 Å². The van der Waals surface area contributed by atoms with Crippen molar-refractivity contribution in [3.05, 3.63) is 101 Å². The van der Waals surface area contributed by atoms with Gasteiger partial charge in [-0.15, -0.1) is 0 Å². The maximum absolute atomic E-state index is 13.5. The number of carbonyl (C=O) groups excluding carboxylic acids is 2. The Bertz CT molecular complexity index is 1090. The fraction of sp³-hybridized carbons (Fsp3) is 0.310. The number of hydrogen-bond acceptors (Lipinski definition) is 3. The van der Waals surface area contributed by atoms with Gasteiger partial charge in [0.25, 0.3) is 5.91 Å². The zero-order valence-electron chi connectivity index (χ0n) is 20.4. The summed E-state index contributed by atoms with van der Waals surface area (Å²) in [5, 5.41) is 3.64. The van der Waals surface area contributed by atoms with Gasteiger partial charge >= 0.3 is 0 Å². The van der Waals surface area contributed by atoms with Crippen molar-refractivity contribution in [2.24, 2.45) is 0 Å². The molecule has 0 spiro atoms. The highest BCUT2D eigenvalue weighted by atomic mass is 35.5. The minimum atomic E-state index is -0.682. The van der Waals surface area contributed by atoms with Crippen LogP contribution < -0.4 is 10.1 Å². The van der Waals surface area contributed by atoms with Gasteiger partial charge in [-0.1, -0.05) is 79.5 Å². The van der Waals surface area contributed by atoms with Crippen molar-refractivity contribution in [2.45, 2.75) is 45.7 Å². The molecule has 3 aromatic rings. The molecule has 35 heavy (non-hydrogen) atoms. The Morgan fingerprint density at radius 2 is 1.71 bits per heavy atom. The smallest absolute Gasteiger partial charge is 0.261 e. The average Bonchev–Trinajstić information content (AvgIpc) is 2.86. The van der Waals surface area contributed by atoms with Crippen molar-refractivity contribution in [3.63, 3.8) is 0 Å². The second kappa shape index (κ2) is 13.5. The second-order valence-electron chi connectivity index (χ2n) is 8.60. The maximum atomic E-state index is 13.5. The van der Waals surface area contributed by atoms with Crippen LogP contribution in [0.1, 0.15) is 36.5 Å². The molecule has 0 aliphatic rings. The number of benzene rings is 3. The van der Waals surface area contributed by atoms with Crippen molar-refractivity contribution in [3.8, 4) is 5.75 Å². The predicted molar refractivity (Wildman–Crippen MR) is 141 cm³/mol. The average molecular weight is 493 g/mol. The molecule has 0 aliphatic carbocycles. The summed E-state index contributed by atoms with van der Waals surface area (Å²) in [6.07, 6.45) is 2.26. The van der Waals surface area contributed by atoms with Crippen molar-refractivity contribution < 1.29 is 14.3 Å². The van der Waals surface area contributed by atoms with Gasteiger partial charge in [0, 0.05) is 24.5 Å². The molecule has 5 nitrogen and oxygen atoms in total. The van der Waals surface area contributed by atoms with E-state index in [1.165, 1.54) is 0 Å². The number of unbranched alkanes of at least 4 members (excludes halogenated alkanes) is 1. The zero-order valence-corrected chi connectivity index (χ0v) is 21.1. The van der Waals surface area contributed by atoms with E-state index in [1.54, 1.807) is 17.0 Å². The Balaban J connectivity index is 1.87. The Morgan fingerprint density at radius 3 is 2.40 bits per heavy atom. The summed E-state index contributed by atoms with van der Waals surface area (Å²) < 4.78 is 5.82. The molecule has 0 radical (unpaired) electrons. The third-order valence-corrected chi connectivity index (χ3v) is 5.97. The van der Waals surface area contributed by atoms with Gasteiger partial charge in [0.05, 0.1) is 0 Å². The van der Waals surface area contributed by atoms with E-state index in [4.69, 9.17) is 16.3 Å². The molecule has 1 atom stereocenters. The lowest BCUT2D eigenvalue weighted by molar-refractivity contribution is -0.142. The van der Waals surface area contributed by atoms with Crippen LogP contribution in [0, 0.1) is 6.92 Å². The first kappa shape index (κ1) is 26.3. The molecule has 3 aromatic carbocycles. The van der Waals surface area contributed by atoms with Gasteiger partial charge < -0.3 is 15.0 Å². The summed E-state index contributed by atoms with van der Waals surface area (Å²) in [5.74, 6) is 0.199. The number of amides is 2. The SMILES string of the molecule is CCCCNC(=O)C(Cc1ccccc1)N(Cc1ccc(Cl)cc1)C(=O)COc1cccc(C)c1. The van der Waals surface area contributed by atoms with E-state index < -0.39 is 6.04 Å². The number of nitrogens with one attached hydrogen (secondary N) is 1. The lowest BCUT2D eigenvalue weighted by Gasteiger charge is -2.31. The van der Waals surface area contributed by atoms with Gasteiger partial charge in [0.2, 0.25) is 5.91 Å². The molecule has 0 fully saturated rings. The quantitative estimate of drug-likeness (QED) is 0.335. The van der Waals surface area contributed by atoms with Gasteiger partial charge in [-0.2, -0.15) is 0 Å². The number of aryl methyl sites for hydroxylation is 1. The van der Waals surface area contributed by atoms with E-state index in [2.05, 4.69) is 12.2 Å². The lowest BCUT2D eigenvalue weighted by atomic mass is 10.0. The normalized spacial score (nSPS) is 11.5. The van der Waals surface area contributed by atoms with Gasteiger partial charge in [-0.05, 0) is 54.3 Å². The molecule has 184 valence electrons. The molecule has 1 N–H and O–H groups in total. The fourth-order valence-electron chi connectivity index (χ4n) is 3.78. The topological polar surface area (TPSA) is 58.6 Å². The number of carbonyl (C=O) groups is 2. The second-order valence-corrected chi connectivity index (χ2v) is 9.04. The molecule has 0 saturated heterocycles. The van der Waals surface area contributed by atoms with Crippen LogP contribution in [0.2, 0.25) is 5.02 Å². The standard InChI is InChI=1S/C29H33ClN2O3/c1-3-4-17-31-29(34)27(19-23-10-6-5-7-11-23)32(20-24-13-15-25(30)16-14-24)28(33)21-35-26-12-8-9-22(2)18-26/h5-16,18,27H,3-4,17,19-21H2,1-2H3,(H,31,34). The molecule has 1 unspecified atom stereocenters. The summed E-state index contributed by atoms with van der Waals surface area (Å²) in [7, 11) is 0. The van der Waals surface area contributed by atoms with Gasteiger partial charge in [-0.3, -0.25) is 9.59 Å². The third kappa shape index (κ3) is 8.45. The summed E-state index contributed by atoms with van der Waals surface area (Å²) in [4.78, 5) is 28.5. The predicted octanol–water partition coefficient (Wildman–Crippen LogP) is 5.58. The van der Waals surface area contributed by atoms with E-state index in [0.29, 0.717) is 23.7 Å². The largest absolute Gasteiger partial charge is 0.484 e. The molecule has 2 amide bonds. The van der Waals surface area contributed by atoms with Crippen LogP contribution >= 0.6 is 11.6 Å². The van der Waals surface area contributed by atoms with Gasteiger partial charge in [0.15, 0.2) is 6.61 Å². The third-order valence-electron chi connectivity index (χ3n) is 5.72. The van der Waals surface area contributed by atoms with E-state index in [-0.39, 0.29) is 25.0 Å². The number of halogens is 1. The van der Waals surface area contributed by atoms with Crippen LogP contribution in [0.25, 0.3) is 0 Å². The molecule has 3 rings (SSSR count). The van der Waals surface area contributed by atoms with E-state index in [1.807, 2.05) is 73.7 Å². The van der Waals surface area contributed by atoms with Crippen molar-refractivity contribution >= 4 is 23.4 Å². The summed E-state index contributed by atoms with van der Waals surface area (Å²) in [6.45, 7) is 4.73. The van der Waals surface area contributed by atoms with Crippen molar-refractivity contribution in [2.75, 3.05) is 13.2 Å². The zero-order chi connectivity index (χ0) is 25.0. The van der Waals surface area contributed by atoms with Crippen LogP contribution in [-0.4, -0.2) is 35.9 Å². The fourth-order valence-corrected chi connectivity index (χ4v) is 3.91. The summed E-state index contributed by atoms with van der Waals surface area (Å²) >= 11 is 6.07. The highest BCUT2D eigenvalue weighted by Gasteiger charge is 2.30. The summed E-state index contributed by atoms with van der Waals surface area (Å²) in [5.41, 5.74) is 2.92. The molecule has 0 aromatic heterocycles. The minimum absolute atomic E-state index is 0.162. The molecule has 6 heteroatoms. The first-order valence-corrected chi connectivity index (χ1v) is 12.4. The number of rotatable bonds is 12. The van der Waals surface area contributed by atoms with Crippen LogP contribution in [0.15, 0.2) is 78.9 Å². The highest BCUT2D eigenvalue weighted by Crippen LogP contribution is 2.18. The number of nitrogens with zero attached hydrogens (tertiary/aromatic N) is 1. The molecule has 0 saturated carbocycles. The van der Waals surface area contributed by atoms with Crippen molar-refractivity contribution in [1.29, 1.82) is 0 Å². The lowest BCUT2D eigenvalue weighted by Crippen LogP contribution is -2.51. The van der Waals surface area contributed by atoms with Gasteiger partial charge in [-0.25, -0.2) is 0 Å². The van der Waals surface area contributed by atoms with E-state index in [0.717, 1.165) is 29.5 Å². The molecule has 0 heterocycles. The summed E-state index contributed by atoms with van der Waals surface area (Å²) in [6, 6.07) is 24.0. The monoisotopic (exact) mass is 492 g/mol. The number of ether oxygens (including phenoxy) is 1. The molecular weight excluding hydrogens is 460 g/mol. The Hall–Kier alpha value is -3.31. The van der Waals surface area contributed by atoms with Crippen LogP contribution in [0.4, 0.5) is 0 Å². The highest BCUT2D eigenvalue weighted by molar-refractivity contribution is 6.30. The maximum Gasteiger partial charge on any atom is 0.261 e. The van der Waals surface area contributed by atoms with Crippen LogP contribution in [-0.2, 0) is 22.6 Å². The van der Waals surface area contributed by atoms with Crippen LogP contribution in [0.3, 0.4) is 0 Å². The molecular formula is C29H33ClN2O3. The molecule has 0 aliphatic heterocycles. The first-order chi connectivity index (χ1) is 17.0.